The second kappa shape index (κ2) is 6.16. The van der Waals surface area contributed by atoms with E-state index in [1.807, 2.05) is 23.1 Å². The van der Waals surface area contributed by atoms with Crippen molar-refractivity contribution in [2.24, 2.45) is 0 Å². The summed E-state index contributed by atoms with van der Waals surface area (Å²) >= 11 is 0. The number of urea groups is 1. The molecule has 2 unspecified atom stereocenters. The van der Waals surface area contributed by atoms with Crippen LogP contribution >= 0.6 is 0 Å². The van der Waals surface area contributed by atoms with E-state index >= 15 is 0 Å². The molecule has 0 saturated carbocycles. The molecule has 5 nitrogen and oxygen atoms in total. The minimum atomic E-state index is -0.394. The van der Waals surface area contributed by atoms with E-state index < -0.39 is 6.04 Å². The Morgan fingerprint density at radius 1 is 1.29 bits per heavy atom. The first kappa shape index (κ1) is 13.9. The van der Waals surface area contributed by atoms with Crippen LogP contribution in [0, 0.1) is 0 Å². The van der Waals surface area contributed by atoms with Gasteiger partial charge in [-0.3, -0.25) is 4.79 Å². The molecule has 2 aliphatic rings. The topological polar surface area (TPSA) is 61.4 Å². The van der Waals surface area contributed by atoms with Gasteiger partial charge in [-0.25, -0.2) is 4.79 Å². The number of hydrogen-bond donors (Lipinski definition) is 2. The van der Waals surface area contributed by atoms with E-state index in [4.69, 9.17) is 0 Å². The van der Waals surface area contributed by atoms with Gasteiger partial charge in [0.25, 0.3) is 0 Å². The number of nitrogens with zero attached hydrogens (tertiary/aromatic N) is 1. The third-order valence-electron chi connectivity index (χ3n) is 4.34. The van der Waals surface area contributed by atoms with E-state index in [9.17, 15) is 9.59 Å². The highest BCUT2D eigenvalue weighted by molar-refractivity contribution is 5.90. The number of aryl methyl sites for hydroxylation is 1. The smallest absolute Gasteiger partial charge is 0.315 e. The van der Waals surface area contributed by atoms with Crippen LogP contribution in [-0.4, -0.2) is 42.0 Å². The van der Waals surface area contributed by atoms with Crippen LogP contribution in [0.25, 0.3) is 0 Å². The fraction of sp³-hybridized carbons (Fsp3) is 0.500. The van der Waals surface area contributed by atoms with Crippen molar-refractivity contribution >= 4 is 11.9 Å². The Morgan fingerprint density at radius 3 is 2.81 bits per heavy atom. The van der Waals surface area contributed by atoms with Crippen LogP contribution in [0.2, 0.25) is 0 Å². The Hall–Kier alpha value is -2.04. The van der Waals surface area contributed by atoms with Gasteiger partial charge in [0.15, 0.2) is 0 Å². The minimum absolute atomic E-state index is 0.0592. The molecular formula is C16H21N3O2. The molecule has 0 bridgehead atoms. The van der Waals surface area contributed by atoms with Crippen molar-refractivity contribution < 1.29 is 9.59 Å². The maximum Gasteiger partial charge on any atom is 0.315 e. The molecular weight excluding hydrogens is 266 g/mol. The lowest BCUT2D eigenvalue weighted by Crippen LogP contribution is -2.47. The van der Waals surface area contributed by atoms with Crippen molar-refractivity contribution in [1.82, 2.24) is 15.5 Å². The van der Waals surface area contributed by atoms with Crippen molar-refractivity contribution in [3.05, 3.63) is 35.9 Å². The van der Waals surface area contributed by atoms with Gasteiger partial charge in [0.2, 0.25) is 5.91 Å². The van der Waals surface area contributed by atoms with Crippen LogP contribution < -0.4 is 10.6 Å². The van der Waals surface area contributed by atoms with Crippen LogP contribution in [0.1, 0.15) is 24.8 Å². The zero-order valence-electron chi connectivity index (χ0n) is 12.0. The lowest BCUT2D eigenvalue weighted by Gasteiger charge is -2.27. The first-order valence-corrected chi connectivity index (χ1v) is 7.63. The molecule has 0 aliphatic carbocycles. The summed E-state index contributed by atoms with van der Waals surface area (Å²) in [6, 6.07) is 10.0. The van der Waals surface area contributed by atoms with E-state index in [-0.39, 0.29) is 11.9 Å². The molecule has 3 amide bonds. The van der Waals surface area contributed by atoms with E-state index in [0.717, 1.165) is 32.2 Å². The largest absolute Gasteiger partial charge is 0.338 e. The molecule has 1 aromatic carbocycles. The van der Waals surface area contributed by atoms with Gasteiger partial charge in [-0.1, -0.05) is 30.3 Å². The molecule has 2 saturated heterocycles. The lowest BCUT2D eigenvalue weighted by molar-refractivity contribution is -0.133. The van der Waals surface area contributed by atoms with E-state index in [2.05, 4.69) is 22.8 Å². The van der Waals surface area contributed by atoms with Gasteiger partial charge in [0.05, 0.1) is 0 Å². The van der Waals surface area contributed by atoms with Crippen molar-refractivity contribution in [3.8, 4) is 0 Å². The highest BCUT2D eigenvalue weighted by Crippen LogP contribution is 2.23. The number of carbonyl (C=O) groups excluding carboxylic acids is 2. The molecule has 3 rings (SSSR count). The third kappa shape index (κ3) is 3.17. The Morgan fingerprint density at radius 2 is 2.10 bits per heavy atom. The second-order valence-corrected chi connectivity index (χ2v) is 5.76. The first-order valence-electron chi connectivity index (χ1n) is 7.63. The summed E-state index contributed by atoms with van der Waals surface area (Å²) in [5.41, 5.74) is 1.31. The molecule has 2 fully saturated rings. The third-order valence-corrected chi connectivity index (χ3v) is 4.34. The summed E-state index contributed by atoms with van der Waals surface area (Å²) in [7, 11) is 0. The molecule has 1 aromatic rings. The molecule has 21 heavy (non-hydrogen) atoms. The Bertz CT molecular complexity index is 518. The van der Waals surface area contributed by atoms with Gasteiger partial charge in [-0.2, -0.15) is 0 Å². The fourth-order valence-electron chi connectivity index (χ4n) is 3.21. The number of hydrogen-bond acceptors (Lipinski definition) is 2. The van der Waals surface area contributed by atoms with Crippen LogP contribution in [0.4, 0.5) is 4.79 Å². The number of rotatable bonds is 4. The quantitative estimate of drug-likeness (QED) is 0.876. The standard InChI is InChI=1S/C16H21N3O2/c20-15(14-11-17-16(21)18-14)19-10-4-7-13(19)9-8-12-5-2-1-3-6-12/h1-3,5-6,13-14H,4,7-11H2,(H2,17,18,21). The highest BCUT2D eigenvalue weighted by Gasteiger charge is 2.35. The van der Waals surface area contributed by atoms with Crippen LogP contribution in [0.15, 0.2) is 30.3 Å². The SMILES string of the molecule is O=C1NCC(C(=O)N2CCCC2CCc2ccccc2)N1. The molecule has 2 atom stereocenters. The average molecular weight is 287 g/mol. The lowest BCUT2D eigenvalue weighted by atomic mass is 10.0. The molecule has 0 spiro atoms. The van der Waals surface area contributed by atoms with E-state index in [1.54, 1.807) is 0 Å². The zero-order chi connectivity index (χ0) is 14.7. The number of carbonyl (C=O) groups is 2. The zero-order valence-corrected chi connectivity index (χ0v) is 12.0. The molecule has 0 aromatic heterocycles. The van der Waals surface area contributed by atoms with E-state index in [1.165, 1.54) is 5.56 Å². The van der Waals surface area contributed by atoms with Crippen molar-refractivity contribution in [2.75, 3.05) is 13.1 Å². The monoisotopic (exact) mass is 287 g/mol. The molecule has 112 valence electrons. The summed E-state index contributed by atoms with van der Waals surface area (Å²) in [6.45, 7) is 1.21. The molecule has 0 radical (unpaired) electrons. The van der Waals surface area contributed by atoms with Gasteiger partial charge >= 0.3 is 6.03 Å². The highest BCUT2D eigenvalue weighted by atomic mass is 16.2. The minimum Gasteiger partial charge on any atom is -0.338 e. The second-order valence-electron chi connectivity index (χ2n) is 5.76. The number of amides is 3. The maximum atomic E-state index is 12.5. The molecule has 2 heterocycles. The van der Waals surface area contributed by atoms with Crippen LogP contribution in [0.5, 0.6) is 0 Å². The van der Waals surface area contributed by atoms with Crippen molar-refractivity contribution in [1.29, 1.82) is 0 Å². The van der Waals surface area contributed by atoms with Crippen LogP contribution in [-0.2, 0) is 11.2 Å². The average Bonchev–Trinajstić information content (AvgIpc) is 3.14. The van der Waals surface area contributed by atoms with Gasteiger partial charge in [-0.05, 0) is 31.2 Å². The summed E-state index contributed by atoms with van der Waals surface area (Å²) in [6.07, 6.45) is 4.10. The van der Waals surface area contributed by atoms with Gasteiger partial charge in [0.1, 0.15) is 6.04 Å². The Balaban J connectivity index is 1.57. The van der Waals surface area contributed by atoms with Gasteiger partial charge < -0.3 is 15.5 Å². The number of likely N-dealkylation sites (tertiary alicyclic amines) is 1. The van der Waals surface area contributed by atoms with Gasteiger partial charge in [-0.15, -0.1) is 0 Å². The number of nitrogens with one attached hydrogen (secondary N) is 2. The first-order chi connectivity index (χ1) is 10.2. The summed E-state index contributed by atoms with van der Waals surface area (Å²) in [5, 5.41) is 5.33. The van der Waals surface area contributed by atoms with Crippen LogP contribution in [0.3, 0.4) is 0 Å². The summed E-state index contributed by atoms with van der Waals surface area (Å²) in [5.74, 6) is 0.0592. The Labute approximate surface area is 124 Å². The molecule has 5 heteroatoms. The predicted octanol–water partition coefficient (Wildman–Crippen LogP) is 1.29. The predicted molar refractivity (Wildman–Crippen MR) is 79.8 cm³/mol. The van der Waals surface area contributed by atoms with Crippen molar-refractivity contribution in [2.45, 2.75) is 37.8 Å². The van der Waals surface area contributed by atoms with E-state index in [0.29, 0.717) is 12.6 Å². The fourth-order valence-corrected chi connectivity index (χ4v) is 3.21. The summed E-state index contributed by atoms with van der Waals surface area (Å²) in [4.78, 5) is 25.6. The number of benzene rings is 1. The summed E-state index contributed by atoms with van der Waals surface area (Å²) < 4.78 is 0. The van der Waals surface area contributed by atoms with Crippen molar-refractivity contribution in [3.63, 3.8) is 0 Å². The normalized spacial score (nSPS) is 24.8. The Kier molecular flexibility index (Phi) is 4.08. The molecule has 2 N–H and O–H groups in total. The van der Waals surface area contributed by atoms with Gasteiger partial charge in [0, 0.05) is 19.1 Å². The molecule has 2 aliphatic heterocycles. The maximum absolute atomic E-state index is 12.5.